The first-order valence-corrected chi connectivity index (χ1v) is 6.49. The molecule has 0 radical (unpaired) electrons. The van der Waals surface area contributed by atoms with Gasteiger partial charge in [0.15, 0.2) is 5.78 Å². The normalized spacial score (nSPS) is 25.4. The van der Waals surface area contributed by atoms with Crippen LogP contribution in [0, 0.1) is 5.41 Å². The molecule has 1 unspecified atom stereocenters. The minimum atomic E-state index is -1.10. The van der Waals surface area contributed by atoms with Crippen LogP contribution in [0.15, 0.2) is 11.8 Å². The Morgan fingerprint density at radius 3 is 2.40 bits per heavy atom. The van der Waals surface area contributed by atoms with Crippen molar-refractivity contribution in [2.24, 2.45) is 5.41 Å². The van der Waals surface area contributed by atoms with Crippen molar-refractivity contribution < 1.29 is 19.4 Å². The second-order valence-corrected chi connectivity index (χ2v) is 6.34. The molecular formula is C14H24N2O4. The number of ketones is 1. The van der Waals surface area contributed by atoms with Gasteiger partial charge in [-0.2, -0.15) is 0 Å². The number of likely N-dealkylation sites (tertiary alicyclic amines) is 1. The number of amides is 1. The van der Waals surface area contributed by atoms with Crippen molar-refractivity contribution >= 4 is 11.9 Å². The van der Waals surface area contributed by atoms with E-state index < -0.39 is 17.0 Å². The smallest absolute Gasteiger partial charge is 0.408 e. The molecule has 0 saturated carbocycles. The zero-order valence-corrected chi connectivity index (χ0v) is 13.1. The van der Waals surface area contributed by atoms with E-state index in [1.807, 2.05) is 34.9 Å². The maximum atomic E-state index is 12.3. The van der Waals surface area contributed by atoms with Gasteiger partial charge in [-0.05, 0) is 5.41 Å². The summed E-state index contributed by atoms with van der Waals surface area (Å²) >= 11 is 0. The highest BCUT2D eigenvalue weighted by atomic mass is 16.5. The van der Waals surface area contributed by atoms with Crippen LogP contribution >= 0.6 is 0 Å². The molecule has 0 spiro atoms. The van der Waals surface area contributed by atoms with Crippen LogP contribution in [0.3, 0.4) is 0 Å². The Hall–Kier alpha value is -1.56. The molecular weight excluding hydrogens is 260 g/mol. The molecule has 6 heteroatoms. The fourth-order valence-electron chi connectivity index (χ4n) is 2.80. The predicted octanol–water partition coefficient (Wildman–Crippen LogP) is 1.43. The average molecular weight is 284 g/mol. The van der Waals surface area contributed by atoms with Crippen molar-refractivity contribution in [2.45, 2.75) is 26.3 Å². The summed E-state index contributed by atoms with van der Waals surface area (Å²) in [6.45, 7) is 5.78. The second-order valence-electron chi connectivity index (χ2n) is 6.34. The number of carbonyl (C=O) groups excluding carboxylic acids is 1. The van der Waals surface area contributed by atoms with Crippen molar-refractivity contribution in [2.75, 3.05) is 34.4 Å². The van der Waals surface area contributed by atoms with Gasteiger partial charge in [0, 0.05) is 33.0 Å². The van der Waals surface area contributed by atoms with E-state index in [0.717, 1.165) is 0 Å². The topological polar surface area (TPSA) is 70.1 Å². The van der Waals surface area contributed by atoms with E-state index >= 15 is 0 Å². The molecule has 0 aromatic carbocycles. The molecule has 1 heterocycles. The Kier molecular flexibility index (Phi) is 4.49. The highest BCUT2D eigenvalue weighted by Crippen LogP contribution is 2.46. The molecule has 114 valence electrons. The molecule has 0 aromatic rings. The molecule has 1 atom stereocenters. The predicted molar refractivity (Wildman–Crippen MR) is 75.6 cm³/mol. The first-order valence-electron chi connectivity index (χ1n) is 6.49. The summed E-state index contributed by atoms with van der Waals surface area (Å²) in [5.41, 5.74) is -0.969. The Morgan fingerprint density at radius 1 is 1.50 bits per heavy atom. The van der Waals surface area contributed by atoms with Gasteiger partial charge in [0.2, 0.25) is 0 Å². The minimum Gasteiger partial charge on any atom is -0.465 e. The maximum absolute atomic E-state index is 12.3. The van der Waals surface area contributed by atoms with Crippen LogP contribution in [0.5, 0.6) is 0 Å². The molecule has 20 heavy (non-hydrogen) atoms. The van der Waals surface area contributed by atoms with Crippen LogP contribution in [-0.4, -0.2) is 66.7 Å². The van der Waals surface area contributed by atoms with Gasteiger partial charge in [-0.1, -0.05) is 20.8 Å². The maximum Gasteiger partial charge on any atom is 0.408 e. The number of hydrogen-bond acceptors (Lipinski definition) is 4. The Balaban J connectivity index is 3.56. The zero-order chi connectivity index (χ0) is 15.7. The van der Waals surface area contributed by atoms with E-state index in [4.69, 9.17) is 4.74 Å². The Labute approximate surface area is 120 Å². The molecule has 0 bridgehead atoms. The monoisotopic (exact) mass is 284 g/mol. The van der Waals surface area contributed by atoms with Gasteiger partial charge in [0.25, 0.3) is 0 Å². The third-order valence-electron chi connectivity index (χ3n) is 3.72. The van der Waals surface area contributed by atoms with Gasteiger partial charge in [-0.15, -0.1) is 0 Å². The van der Waals surface area contributed by atoms with Crippen LogP contribution in [0.4, 0.5) is 4.79 Å². The minimum absolute atomic E-state index is 0.129. The summed E-state index contributed by atoms with van der Waals surface area (Å²) in [4.78, 5) is 26.9. The molecule has 1 N–H and O–H groups in total. The third-order valence-corrected chi connectivity index (χ3v) is 3.72. The lowest BCUT2D eigenvalue weighted by molar-refractivity contribution is -0.114. The van der Waals surface area contributed by atoms with Gasteiger partial charge < -0.3 is 14.7 Å². The number of ether oxygens (including phenoxy) is 1. The molecule has 1 amide bonds. The average Bonchev–Trinajstić information content (AvgIpc) is 2.54. The SMILES string of the molecule is COCC1(C(C)(C)C)/C(=C\N(C)C)C(=O)CN1C(=O)O. The lowest BCUT2D eigenvalue weighted by Gasteiger charge is -2.46. The van der Waals surface area contributed by atoms with E-state index in [0.29, 0.717) is 5.57 Å². The second kappa shape index (κ2) is 5.44. The van der Waals surface area contributed by atoms with E-state index in [2.05, 4.69) is 0 Å². The molecule has 0 aromatic heterocycles. The molecule has 1 saturated heterocycles. The van der Waals surface area contributed by atoms with E-state index in [1.165, 1.54) is 12.0 Å². The standard InChI is InChI=1S/C14H24N2O4/c1-13(2,3)14(9-20-6)10(7-15(4)5)11(17)8-16(14)12(18)19/h7H,8-9H2,1-6H3,(H,18,19)/b10-7-. The Morgan fingerprint density at radius 2 is 2.05 bits per heavy atom. The quantitative estimate of drug-likeness (QED) is 0.794. The van der Waals surface area contributed by atoms with E-state index in [-0.39, 0.29) is 18.9 Å². The number of hydrogen-bond donors (Lipinski definition) is 1. The zero-order valence-electron chi connectivity index (χ0n) is 13.1. The number of nitrogens with zero attached hydrogens (tertiary/aromatic N) is 2. The van der Waals surface area contributed by atoms with Crippen molar-refractivity contribution in [3.63, 3.8) is 0 Å². The number of rotatable bonds is 3. The van der Waals surface area contributed by atoms with Crippen LogP contribution in [-0.2, 0) is 9.53 Å². The molecule has 0 aliphatic carbocycles. The summed E-state index contributed by atoms with van der Waals surface area (Å²) in [5.74, 6) is -0.173. The molecule has 1 rings (SSSR count). The van der Waals surface area contributed by atoms with Crippen molar-refractivity contribution in [1.82, 2.24) is 9.80 Å². The fourth-order valence-corrected chi connectivity index (χ4v) is 2.80. The summed E-state index contributed by atoms with van der Waals surface area (Å²) in [6.07, 6.45) is 0.600. The largest absolute Gasteiger partial charge is 0.465 e. The number of carboxylic acid groups (broad SMARTS) is 1. The van der Waals surface area contributed by atoms with E-state index in [1.54, 1.807) is 11.1 Å². The molecule has 1 fully saturated rings. The highest BCUT2D eigenvalue weighted by molar-refractivity contribution is 6.04. The van der Waals surface area contributed by atoms with Crippen LogP contribution in [0.2, 0.25) is 0 Å². The van der Waals surface area contributed by atoms with Crippen LogP contribution < -0.4 is 0 Å². The highest BCUT2D eigenvalue weighted by Gasteiger charge is 2.58. The lowest BCUT2D eigenvalue weighted by Crippen LogP contribution is -2.59. The summed E-state index contributed by atoms with van der Waals surface area (Å²) in [6, 6.07) is 0. The van der Waals surface area contributed by atoms with Gasteiger partial charge in [0.1, 0.15) is 5.54 Å². The van der Waals surface area contributed by atoms with Gasteiger partial charge in [-0.25, -0.2) is 4.79 Å². The lowest BCUT2D eigenvalue weighted by atomic mass is 9.69. The summed E-state index contributed by atoms with van der Waals surface area (Å²) in [5, 5.41) is 9.49. The van der Waals surface area contributed by atoms with Crippen molar-refractivity contribution in [1.29, 1.82) is 0 Å². The number of methoxy groups -OCH3 is 1. The fraction of sp³-hybridized carbons (Fsp3) is 0.714. The molecule has 1 aliphatic heterocycles. The van der Waals surface area contributed by atoms with Crippen LogP contribution in [0.1, 0.15) is 20.8 Å². The summed E-state index contributed by atoms with van der Waals surface area (Å²) < 4.78 is 5.28. The van der Waals surface area contributed by atoms with Gasteiger partial charge >= 0.3 is 6.09 Å². The van der Waals surface area contributed by atoms with Gasteiger partial charge in [-0.3, -0.25) is 9.69 Å². The Bertz CT molecular complexity index is 437. The van der Waals surface area contributed by atoms with E-state index in [9.17, 15) is 14.7 Å². The van der Waals surface area contributed by atoms with Crippen molar-refractivity contribution in [3.05, 3.63) is 11.8 Å². The first kappa shape index (κ1) is 16.5. The number of carbonyl (C=O) groups is 2. The van der Waals surface area contributed by atoms with Crippen LogP contribution in [0.25, 0.3) is 0 Å². The molecule has 1 aliphatic rings. The third kappa shape index (κ3) is 2.52. The molecule has 6 nitrogen and oxygen atoms in total. The number of Topliss-reactive ketones (excluding diaryl/α,β-unsaturated/α-hetero) is 1. The van der Waals surface area contributed by atoms with Crippen molar-refractivity contribution in [3.8, 4) is 0 Å². The first-order chi connectivity index (χ1) is 9.07. The van der Waals surface area contributed by atoms with Gasteiger partial charge in [0.05, 0.1) is 13.2 Å². The summed E-state index contributed by atoms with van der Waals surface area (Å²) in [7, 11) is 5.14.